The molecule has 27 heavy (non-hydrogen) atoms. The molecule has 142 valence electrons. The molecule has 0 aliphatic carbocycles. The van der Waals surface area contributed by atoms with Gasteiger partial charge in [0.15, 0.2) is 0 Å². The third-order valence-corrected chi connectivity index (χ3v) is 3.40. The van der Waals surface area contributed by atoms with Gasteiger partial charge in [0.2, 0.25) is 11.7 Å². The molecular weight excluding hydrogens is 372 g/mol. The van der Waals surface area contributed by atoms with Crippen LogP contribution >= 0.6 is 0 Å². The summed E-state index contributed by atoms with van der Waals surface area (Å²) in [5.74, 6) is -0.975. The summed E-state index contributed by atoms with van der Waals surface area (Å²) in [5.41, 5.74) is -1.65. The van der Waals surface area contributed by atoms with Gasteiger partial charge in [0.25, 0.3) is 0 Å². The lowest BCUT2D eigenvalue weighted by molar-refractivity contribution is -0.137. The molecule has 11 heteroatoms. The maximum atomic E-state index is 13.2. The fraction of sp³-hybridized carbons (Fsp3) is 0.188. The number of carbonyl (C=O) groups is 1. The first-order valence-corrected chi connectivity index (χ1v) is 7.56. The van der Waals surface area contributed by atoms with E-state index in [1.165, 1.54) is 6.26 Å². The van der Waals surface area contributed by atoms with Crippen molar-refractivity contribution >= 4 is 6.03 Å². The van der Waals surface area contributed by atoms with Gasteiger partial charge in [0.1, 0.15) is 11.6 Å². The lowest BCUT2D eigenvalue weighted by atomic mass is 10.1. The average molecular weight is 384 g/mol. The predicted molar refractivity (Wildman–Crippen MR) is 82.5 cm³/mol. The summed E-state index contributed by atoms with van der Waals surface area (Å²) < 4.78 is 62.2. The lowest BCUT2D eigenvalue weighted by Crippen LogP contribution is -2.34. The topological polar surface area (TPSA) is 93.2 Å². The highest BCUT2D eigenvalue weighted by Crippen LogP contribution is 2.36. The Bertz CT molecular complexity index is 922. The molecule has 0 aliphatic rings. The number of carbonyl (C=O) groups excluding carboxylic acids is 1. The van der Waals surface area contributed by atoms with Crippen molar-refractivity contribution in [3.63, 3.8) is 0 Å². The second-order valence-electron chi connectivity index (χ2n) is 5.31. The highest BCUT2D eigenvalue weighted by atomic mass is 19.4. The van der Waals surface area contributed by atoms with Crippen LogP contribution in [0.25, 0.3) is 11.4 Å². The van der Waals surface area contributed by atoms with Gasteiger partial charge in [-0.05, 0) is 30.3 Å². The standard InChI is InChI=1S/C16H12F4N4O3/c17-9-3-4-11(12(6-9)16(18,19)20)14-23-13(27-24-14)8-22-15(25)21-7-10-2-1-5-26-10/h1-6H,7-8H2,(H2,21,22,25). The first kappa shape index (κ1) is 18.4. The number of rotatable bonds is 5. The summed E-state index contributed by atoms with van der Waals surface area (Å²) in [6.07, 6.45) is -3.33. The van der Waals surface area contributed by atoms with E-state index in [2.05, 4.69) is 20.8 Å². The van der Waals surface area contributed by atoms with Crippen LogP contribution in [-0.2, 0) is 19.3 Å². The molecule has 7 nitrogen and oxygen atoms in total. The van der Waals surface area contributed by atoms with Crippen molar-refractivity contribution in [2.24, 2.45) is 0 Å². The number of aromatic nitrogens is 2. The van der Waals surface area contributed by atoms with E-state index in [0.29, 0.717) is 11.8 Å². The number of amides is 2. The highest BCUT2D eigenvalue weighted by Gasteiger charge is 2.35. The quantitative estimate of drug-likeness (QED) is 0.657. The zero-order valence-corrected chi connectivity index (χ0v) is 13.5. The minimum absolute atomic E-state index is 0.115. The number of furan rings is 1. The summed E-state index contributed by atoms with van der Waals surface area (Å²) in [5, 5.41) is 8.37. The summed E-state index contributed by atoms with van der Waals surface area (Å²) in [6, 6.07) is 4.90. The molecule has 2 aromatic heterocycles. The smallest absolute Gasteiger partial charge is 0.417 e. The zero-order chi connectivity index (χ0) is 19.4. The van der Waals surface area contributed by atoms with E-state index in [4.69, 9.17) is 8.94 Å². The summed E-state index contributed by atoms with van der Waals surface area (Å²) in [4.78, 5) is 15.5. The van der Waals surface area contributed by atoms with Crippen LogP contribution in [-0.4, -0.2) is 16.2 Å². The first-order chi connectivity index (χ1) is 12.8. The van der Waals surface area contributed by atoms with Crippen LogP contribution in [0.15, 0.2) is 45.5 Å². The molecule has 0 saturated heterocycles. The van der Waals surface area contributed by atoms with Gasteiger partial charge in [-0.3, -0.25) is 0 Å². The van der Waals surface area contributed by atoms with Crippen molar-refractivity contribution in [3.8, 4) is 11.4 Å². The van der Waals surface area contributed by atoms with E-state index in [1.807, 2.05) is 0 Å². The molecule has 0 atom stereocenters. The summed E-state index contributed by atoms with van der Waals surface area (Å²) in [7, 11) is 0. The van der Waals surface area contributed by atoms with Crippen LogP contribution < -0.4 is 10.6 Å². The maximum Gasteiger partial charge on any atom is 0.417 e. The molecule has 1 aromatic carbocycles. The molecule has 2 heterocycles. The third kappa shape index (κ3) is 4.63. The molecule has 3 aromatic rings. The Balaban J connectivity index is 1.64. The average Bonchev–Trinajstić information content (AvgIpc) is 3.29. The van der Waals surface area contributed by atoms with E-state index in [9.17, 15) is 22.4 Å². The molecule has 0 aliphatic heterocycles. The van der Waals surface area contributed by atoms with Crippen molar-refractivity contribution in [3.05, 3.63) is 59.6 Å². The Kier molecular flexibility index (Phi) is 5.10. The van der Waals surface area contributed by atoms with Crippen LogP contribution in [0.4, 0.5) is 22.4 Å². The van der Waals surface area contributed by atoms with Crippen molar-refractivity contribution in [1.29, 1.82) is 0 Å². The second-order valence-corrected chi connectivity index (χ2v) is 5.31. The predicted octanol–water partition coefficient (Wildman–Crippen LogP) is 3.49. The van der Waals surface area contributed by atoms with Gasteiger partial charge < -0.3 is 19.6 Å². The fourth-order valence-electron chi connectivity index (χ4n) is 2.18. The molecule has 2 amide bonds. The Morgan fingerprint density at radius 1 is 1.15 bits per heavy atom. The molecule has 3 rings (SSSR count). The van der Waals surface area contributed by atoms with E-state index in [-0.39, 0.29) is 24.8 Å². The van der Waals surface area contributed by atoms with E-state index in [0.717, 1.165) is 12.1 Å². The monoisotopic (exact) mass is 384 g/mol. The normalized spacial score (nSPS) is 11.4. The van der Waals surface area contributed by atoms with Gasteiger partial charge in [-0.15, -0.1) is 0 Å². The number of hydrogen-bond acceptors (Lipinski definition) is 5. The molecule has 0 unspecified atom stereocenters. The van der Waals surface area contributed by atoms with Gasteiger partial charge in [-0.1, -0.05) is 5.16 Å². The third-order valence-electron chi connectivity index (χ3n) is 3.40. The minimum Gasteiger partial charge on any atom is -0.467 e. The van der Waals surface area contributed by atoms with E-state index < -0.39 is 29.2 Å². The van der Waals surface area contributed by atoms with Gasteiger partial charge >= 0.3 is 12.2 Å². The Hall–Kier alpha value is -3.37. The van der Waals surface area contributed by atoms with Crippen LogP contribution in [0.2, 0.25) is 0 Å². The van der Waals surface area contributed by atoms with Gasteiger partial charge in [-0.25, -0.2) is 9.18 Å². The van der Waals surface area contributed by atoms with Gasteiger partial charge in [0, 0.05) is 5.56 Å². The SMILES string of the molecule is O=C(NCc1ccco1)NCc1nc(-c2ccc(F)cc2C(F)(F)F)no1. The molecule has 0 saturated carbocycles. The number of benzene rings is 1. The van der Waals surface area contributed by atoms with E-state index >= 15 is 0 Å². The molecule has 2 N–H and O–H groups in total. The van der Waals surface area contributed by atoms with Crippen molar-refractivity contribution in [1.82, 2.24) is 20.8 Å². The summed E-state index contributed by atoms with van der Waals surface area (Å²) >= 11 is 0. The largest absolute Gasteiger partial charge is 0.467 e. The number of nitrogens with one attached hydrogen (secondary N) is 2. The minimum atomic E-state index is -4.79. The molecular formula is C16H12F4N4O3. The van der Waals surface area contributed by atoms with Crippen LogP contribution in [0.3, 0.4) is 0 Å². The Labute approximate surface area is 149 Å². The summed E-state index contributed by atoms with van der Waals surface area (Å²) in [6.45, 7) is -0.0576. The zero-order valence-electron chi connectivity index (χ0n) is 13.5. The number of halogens is 4. The van der Waals surface area contributed by atoms with Crippen molar-refractivity contribution in [2.75, 3.05) is 0 Å². The van der Waals surface area contributed by atoms with Gasteiger partial charge in [-0.2, -0.15) is 18.2 Å². The second kappa shape index (κ2) is 7.48. The van der Waals surface area contributed by atoms with Crippen LogP contribution in [0.5, 0.6) is 0 Å². The number of nitrogens with zero attached hydrogens (tertiary/aromatic N) is 2. The van der Waals surface area contributed by atoms with E-state index in [1.54, 1.807) is 12.1 Å². The molecule has 0 spiro atoms. The van der Waals surface area contributed by atoms with Crippen LogP contribution in [0.1, 0.15) is 17.2 Å². The highest BCUT2D eigenvalue weighted by molar-refractivity contribution is 5.73. The van der Waals surface area contributed by atoms with Crippen molar-refractivity contribution in [2.45, 2.75) is 19.3 Å². The Morgan fingerprint density at radius 2 is 1.93 bits per heavy atom. The van der Waals surface area contributed by atoms with Crippen molar-refractivity contribution < 1.29 is 31.3 Å². The molecule has 0 radical (unpaired) electrons. The number of alkyl halides is 3. The maximum absolute atomic E-state index is 13.2. The van der Waals surface area contributed by atoms with Gasteiger partial charge in [0.05, 0.1) is 24.9 Å². The number of hydrogen-bond donors (Lipinski definition) is 2. The first-order valence-electron chi connectivity index (χ1n) is 7.56. The van der Waals surface area contributed by atoms with Crippen LogP contribution in [0, 0.1) is 5.82 Å². The molecule has 0 fully saturated rings. The fourth-order valence-corrected chi connectivity index (χ4v) is 2.18. The Morgan fingerprint density at radius 3 is 2.63 bits per heavy atom. The molecule has 0 bridgehead atoms. The number of urea groups is 1. The lowest BCUT2D eigenvalue weighted by Gasteiger charge is -2.10.